The summed E-state index contributed by atoms with van der Waals surface area (Å²) in [7, 11) is 1.66. The topological polar surface area (TPSA) is 102 Å². The summed E-state index contributed by atoms with van der Waals surface area (Å²) in [6.07, 6.45) is 1.73. The maximum absolute atomic E-state index is 11.4. The van der Waals surface area contributed by atoms with Crippen molar-refractivity contribution in [3.8, 4) is 0 Å². The van der Waals surface area contributed by atoms with Gasteiger partial charge in [0.05, 0.1) is 10.3 Å². The Morgan fingerprint density at radius 2 is 2.24 bits per heavy atom. The van der Waals surface area contributed by atoms with Crippen molar-refractivity contribution in [2.75, 3.05) is 18.0 Å². The molecule has 1 N–H and O–H groups in total. The number of nitrogens with zero attached hydrogens (tertiary/aromatic N) is 4. The molecule has 2 heterocycles. The Hall–Kier alpha value is -2.12. The molecule has 0 radical (unpaired) electrons. The Labute approximate surface area is 122 Å². The minimum Gasteiger partial charge on any atom is -0.481 e. The van der Waals surface area contributed by atoms with E-state index in [9.17, 15) is 20.0 Å². The van der Waals surface area contributed by atoms with Crippen LogP contribution in [0.3, 0.4) is 0 Å². The van der Waals surface area contributed by atoms with Crippen LogP contribution in [-0.4, -0.2) is 38.9 Å². The van der Waals surface area contributed by atoms with Gasteiger partial charge in [0.15, 0.2) is 0 Å². The summed E-state index contributed by atoms with van der Waals surface area (Å²) in [6, 6.07) is 0. The maximum atomic E-state index is 11.4. The van der Waals surface area contributed by atoms with Crippen LogP contribution in [-0.2, 0) is 18.3 Å². The van der Waals surface area contributed by atoms with E-state index in [2.05, 4.69) is 5.10 Å². The molecular weight excluding hydrogens is 276 g/mol. The second-order valence-corrected chi connectivity index (χ2v) is 5.74. The second kappa shape index (κ2) is 5.34. The molecule has 1 saturated heterocycles. The minimum atomic E-state index is -0.886. The monoisotopic (exact) mass is 296 g/mol. The van der Waals surface area contributed by atoms with Gasteiger partial charge in [0.1, 0.15) is 5.69 Å². The van der Waals surface area contributed by atoms with Gasteiger partial charge in [-0.3, -0.25) is 14.9 Å². The van der Waals surface area contributed by atoms with Crippen molar-refractivity contribution >= 4 is 17.5 Å². The van der Waals surface area contributed by atoms with Gasteiger partial charge in [-0.1, -0.05) is 6.92 Å². The number of aryl methyl sites for hydroxylation is 2. The number of anilines is 1. The predicted octanol–water partition coefficient (Wildman–Crippen LogP) is 1.58. The highest BCUT2D eigenvalue weighted by Crippen LogP contribution is 2.37. The van der Waals surface area contributed by atoms with Gasteiger partial charge in [-0.25, -0.2) is 4.68 Å². The van der Waals surface area contributed by atoms with Crippen LogP contribution in [0.15, 0.2) is 0 Å². The summed E-state index contributed by atoms with van der Waals surface area (Å²) in [6.45, 7) is 4.36. The first-order valence-corrected chi connectivity index (χ1v) is 6.98. The molecule has 0 aliphatic carbocycles. The Kier molecular flexibility index (Phi) is 3.89. The lowest BCUT2D eigenvalue weighted by atomic mass is 9.82. The molecule has 0 amide bonds. The summed E-state index contributed by atoms with van der Waals surface area (Å²) in [5.74, 6) is -0.461. The molecule has 0 saturated carbocycles. The Morgan fingerprint density at radius 1 is 1.57 bits per heavy atom. The number of piperidine rings is 1. The van der Waals surface area contributed by atoms with Crippen molar-refractivity contribution < 1.29 is 14.8 Å². The van der Waals surface area contributed by atoms with Crippen molar-refractivity contribution in [2.45, 2.75) is 33.1 Å². The molecule has 21 heavy (non-hydrogen) atoms. The molecule has 1 fully saturated rings. The molecule has 0 bridgehead atoms. The van der Waals surface area contributed by atoms with Crippen molar-refractivity contribution in [3.05, 3.63) is 15.8 Å². The molecule has 8 heteroatoms. The lowest BCUT2D eigenvalue weighted by molar-refractivity contribution is -0.384. The third-order valence-corrected chi connectivity index (χ3v) is 4.09. The summed E-state index contributed by atoms with van der Waals surface area (Å²) in [5, 5.41) is 24.9. The number of aliphatic carboxylic acids is 1. The Morgan fingerprint density at radius 3 is 2.76 bits per heavy atom. The molecule has 1 aliphatic rings. The fourth-order valence-corrected chi connectivity index (χ4v) is 2.93. The predicted molar refractivity (Wildman–Crippen MR) is 76.4 cm³/mol. The van der Waals surface area contributed by atoms with Crippen LogP contribution < -0.4 is 4.90 Å². The summed E-state index contributed by atoms with van der Waals surface area (Å²) < 4.78 is 1.49. The zero-order valence-corrected chi connectivity index (χ0v) is 12.5. The van der Waals surface area contributed by atoms with Crippen LogP contribution in [0.2, 0.25) is 0 Å². The van der Waals surface area contributed by atoms with Crippen LogP contribution in [0.1, 0.15) is 32.4 Å². The molecule has 0 spiro atoms. The molecule has 116 valence electrons. The highest BCUT2D eigenvalue weighted by Gasteiger charge is 2.41. The van der Waals surface area contributed by atoms with Gasteiger partial charge in [0, 0.05) is 20.1 Å². The van der Waals surface area contributed by atoms with Crippen LogP contribution in [0, 0.1) is 15.5 Å². The first-order valence-electron chi connectivity index (χ1n) is 6.98. The minimum absolute atomic E-state index is 0.00496. The SMILES string of the molecule is CCc1nn(C)c(N2CCCC(C)(C(=O)O)C2)c1[N+](=O)[O-]. The van der Waals surface area contributed by atoms with Gasteiger partial charge in [0.25, 0.3) is 0 Å². The Balaban J connectivity index is 2.44. The average molecular weight is 296 g/mol. The molecule has 1 unspecified atom stereocenters. The third-order valence-electron chi connectivity index (χ3n) is 4.09. The molecular formula is C13H20N4O4. The number of carboxylic acids is 1. The van der Waals surface area contributed by atoms with Crippen molar-refractivity contribution in [1.82, 2.24) is 9.78 Å². The third kappa shape index (κ3) is 2.57. The van der Waals surface area contributed by atoms with Crippen molar-refractivity contribution in [3.63, 3.8) is 0 Å². The summed E-state index contributed by atoms with van der Waals surface area (Å²) >= 11 is 0. The largest absolute Gasteiger partial charge is 0.481 e. The van der Waals surface area contributed by atoms with E-state index in [1.807, 2.05) is 6.92 Å². The Bertz CT molecular complexity index is 583. The van der Waals surface area contributed by atoms with Gasteiger partial charge < -0.3 is 10.0 Å². The van der Waals surface area contributed by atoms with Gasteiger partial charge in [-0.05, 0) is 26.2 Å². The number of carbonyl (C=O) groups is 1. The van der Waals surface area contributed by atoms with E-state index in [0.29, 0.717) is 37.3 Å². The van der Waals surface area contributed by atoms with Gasteiger partial charge in [0.2, 0.25) is 5.82 Å². The average Bonchev–Trinajstić information content (AvgIpc) is 2.75. The zero-order chi connectivity index (χ0) is 15.8. The number of aromatic nitrogens is 2. The fraction of sp³-hybridized carbons (Fsp3) is 0.692. The fourth-order valence-electron chi connectivity index (χ4n) is 2.93. The van der Waals surface area contributed by atoms with Gasteiger partial charge >= 0.3 is 11.7 Å². The van der Waals surface area contributed by atoms with E-state index in [-0.39, 0.29) is 12.2 Å². The highest BCUT2D eigenvalue weighted by atomic mass is 16.6. The summed E-state index contributed by atoms with van der Waals surface area (Å²) in [5.41, 5.74) is -0.460. The second-order valence-electron chi connectivity index (χ2n) is 5.74. The van der Waals surface area contributed by atoms with Crippen LogP contribution in [0.25, 0.3) is 0 Å². The number of carboxylic acid groups (broad SMARTS) is 1. The van der Waals surface area contributed by atoms with E-state index >= 15 is 0 Å². The number of hydrogen-bond donors (Lipinski definition) is 1. The number of hydrogen-bond acceptors (Lipinski definition) is 5. The number of rotatable bonds is 4. The summed E-state index contributed by atoms with van der Waals surface area (Å²) in [4.78, 5) is 24.2. The van der Waals surface area contributed by atoms with E-state index in [1.54, 1.807) is 18.9 Å². The first kappa shape index (κ1) is 15.3. The lowest BCUT2D eigenvalue weighted by Gasteiger charge is -2.38. The van der Waals surface area contributed by atoms with Crippen LogP contribution in [0.4, 0.5) is 11.5 Å². The zero-order valence-electron chi connectivity index (χ0n) is 12.5. The van der Waals surface area contributed by atoms with Gasteiger partial charge in [-0.2, -0.15) is 5.10 Å². The molecule has 0 aromatic carbocycles. The molecule has 1 aromatic heterocycles. The van der Waals surface area contributed by atoms with Gasteiger partial charge in [-0.15, -0.1) is 0 Å². The van der Waals surface area contributed by atoms with Crippen LogP contribution >= 0.6 is 0 Å². The smallest absolute Gasteiger partial charge is 0.334 e. The quantitative estimate of drug-likeness (QED) is 0.668. The number of nitro groups is 1. The first-order chi connectivity index (χ1) is 9.80. The lowest BCUT2D eigenvalue weighted by Crippen LogP contribution is -2.46. The van der Waals surface area contributed by atoms with E-state index in [4.69, 9.17) is 0 Å². The molecule has 2 rings (SSSR count). The highest BCUT2D eigenvalue weighted by molar-refractivity contribution is 5.76. The van der Waals surface area contributed by atoms with Crippen LogP contribution in [0.5, 0.6) is 0 Å². The molecule has 1 aliphatic heterocycles. The molecule has 1 atom stereocenters. The normalized spacial score (nSPS) is 22.3. The van der Waals surface area contributed by atoms with E-state index in [1.165, 1.54) is 4.68 Å². The maximum Gasteiger partial charge on any atom is 0.334 e. The molecule has 1 aromatic rings. The van der Waals surface area contributed by atoms with E-state index in [0.717, 1.165) is 0 Å². The molecule has 8 nitrogen and oxygen atoms in total. The van der Waals surface area contributed by atoms with Crippen molar-refractivity contribution in [1.29, 1.82) is 0 Å². The standard InChI is InChI=1S/C13H20N4O4/c1-4-9-10(17(20)21)11(15(3)14-9)16-7-5-6-13(2,8-16)12(18)19/h4-8H2,1-3H3,(H,18,19). The van der Waals surface area contributed by atoms with E-state index < -0.39 is 16.3 Å². The van der Waals surface area contributed by atoms with Crippen molar-refractivity contribution in [2.24, 2.45) is 12.5 Å².